The van der Waals surface area contributed by atoms with Crippen molar-refractivity contribution in [2.45, 2.75) is 11.8 Å². The van der Waals surface area contributed by atoms with Crippen LogP contribution in [0.3, 0.4) is 0 Å². The van der Waals surface area contributed by atoms with E-state index in [1.807, 2.05) is 13.0 Å². The van der Waals surface area contributed by atoms with Crippen LogP contribution in [0.4, 0.5) is 11.5 Å². The second kappa shape index (κ2) is 5.80. The summed E-state index contributed by atoms with van der Waals surface area (Å²) in [5.74, 6) is 0.496. The van der Waals surface area contributed by atoms with Crippen LogP contribution in [-0.4, -0.2) is 20.4 Å². The third-order valence-electron chi connectivity index (χ3n) is 2.73. The molecule has 2 N–H and O–H groups in total. The van der Waals surface area contributed by atoms with Crippen LogP contribution in [0.5, 0.6) is 0 Å². The summed E-state index contributed by atoms with van der Waals surface area (Å²) < 4.78 is 28.0. The predicted octanol–water partition coefficient (Wildman–Crippen LogP) is 3.00. The Morgan fingerprint density at radius 1 is 1.25 bits per heavy atom. The van der Waals surface area contributed by atoms with Gasteiger partial charge in [0.05, 0.1) is 10.6 Å². The van der Waals surface area contributed by atoms with E-state index in [2.05, 4.69) is 31.0 Å². The summed E-state index contributed by atoms with van der Waals surface area (Å²) in [6.45, 7) is 1.90. The van der Waals surface area contributed by atoms with E-state index in [-0.39, 0.29) is 4.90 Å². The van der Waals surface area contributed by atoms with E-state index in [1.54, 1.807) is 19.2 Å². The van der Waals surface area contributed by atoms with Crippen molar-refractivity contribution in [1.29, 1.82) is 0 Å². The highest BCUT2D eigenvalue weighted by molar-refractivity contribution is 9.10. The molecule has 0 amide bonds. The fourth-order valence-electron chi connectivity index (χ4n) is 1.64. The van der Waals surface area contributed by atoms with Gasteiger partial charge < -0.3 is 5.32 Å². The fourth-order valence-corrected chi connectivity index (χ4v) is 3.22. The summed E-state index contributed by atoms with van der Waals surface area (Å²) in [7, 11) is -1.96. The van der Waals surface area contributed by atoms with Crippen LogP contribution in [0, 0.1) is 6.92 Å². The number of aromatic nitrogens is 1. The zero-order chi connectivity index (χ0) is 14.8. The first-order valence-electron chi connectivity index (χ1n) is 5.86. The van der Waals surface area contributed by atoms with Crippen molar-refractivity contribution in [2.24, 2.45) is 0 Å². The van der Waals surface area contributed by atoms with E-state index in [1.165, 1.54) is 18.3 Å². The average Bonchev–Trinajstić information content (AvgIpc) is 2.44. The van der Waals surface area contributed by atoms with E-state index in [4.69, 9.17) is 0 Å². The molecule has 0 saturated carbocycles. The van der Waals surface area contributed by atoms with Crippen LogP contribution in [-0.2, 0) is 10.0 Å². The highest BCUT2D eigenvalue weighted by Gasteiger charge is 2.16. The van der Waals surface area contributed by atoms with Gasteiger partial charge in [0.15, 0.2) is 0 Å². The second-order valence-electron chi connectivity index (χ2n) is 4.17. The van der Waals surface area contributed by atoms with Gasteiger partial charge in [-0.2, -0.15) is 0 Å². The molecule has 2 rings (SSSR count). The van der Waals surface area contributed by atoms with Crippen molar-refractivity contribution < 1.29 is 8.42 Å². The number of pyridine rings is 1. The molecular formula is C13H14BrN3O2S. The molecule has 20 heavy (non-hydrogen) atoms. The van der Waals surface area contributed by atoms with Crippen LogP contribution < -0.4 is 10.0 Å². The summed E-state index contributed by atoms with van der Waals surface area (Å²) >= 11 is 3.38. The van der Waals surface area contributed by atoms with Gasteiger partial charge in [-0.25, -0.2) is 13.4 Å². The van der Waals surface area contributed by atoms with Crippen molar-refractivity contribution in [3.63, 3.8) is 0 Å². The second-order valence-corrected chi connectivity index (χ2v) is 6.64. The molecule has 0 atom stereocenters. The minimum atomic E-state index is -3.65. The third-order valence-corrected chi connectivity index (χ3v) is 5.15. The molecule has 0 aliphatic rings. The van der Waals surface area contributed by atoms with Crippen molar-refractivity contribution in [2.75, 3.05) is 17.1 Å². The Labute approximate surface area is 126 Å². The van der Waals surface area contributed by atoms with Gasteiger partial charge in [-0.1, -0.05) is 12.1 Å². The van der Waals surface area contributed by atoms with Gasteiger partial charge in [-0.3, -0.25) is 4.72 Å². The Balaban J connectivity index is 2.38. The quantitative estimate of drug-likeness (QED) is 0.884. The Kier molecular flexibility index (Phi) is 4.29. The molecule has 5 nitrogen and oxygen atoms in total. The summed E-state index contributed by atoms with van der Waals surface area (Å²) in [5, 5.41) is 2.81. The first-order chi connectivity index (χ1) is 9.44. The van der Waals surface area contributed by atoms with E-state index >= 15 is 0 Å². The first-order valence-corrected chi connectivity index (χ1v) is 8.13. The molecule has 0 aliphatic heterocycles. The zero-order valence-electron chi connectivity index (χ0n) is 11.0. The highest BCUT2D eigenvalue weighted by atomic mass is 79.9. The molecule has 1 aromatic heterocycles. The maximum Gasteiger partial charge on any atom is 0.262 e. The van der Waals surface area contributed by atoms with Crippen molar-refractivity contribution in [1.82, 2.24) is 4.98 Å². The van der Waals surface area contributed by atoms with E-state index in [9.17, 15) is 8.42 Å². The van der Waals surface area contributed by atoms with Crippen molar-refractivity contribution in [3.05, 3.63) is 46.6 Å². The molecule has 1 aromatic carbocycles. The molecule has 0 radical (unpaired) electrons. The van der Waals surface area contributed by atoms with Gasteiger partial charge in [0, 0.05) is 23.8 Å². The lowest BCUT2D eigenvalue weighted by Crippen LogP contribution is -2.14. The zero-order valence-corrected chi connectivity index (χ0v) is 13.4. The van der Waals surface area contributed by atoms with Crippen LogP contribution in [0.25, 0.3) is 0 Å². The number of halogens is 1. The Morgan fingerprint density at radius 3 is 2.70 bits per heavy atom. The van der Waals surface area contributed by atoms with Gasteiger partial charge >= 0.3 is 0 Å². The number of hydrogen-bond acceptors (Lipinski definition) is 4. The summed E-state index contributed by atoms with van der Waals surface area (Å²) in [5.41, 5.74) is 1.46. The normalized spacial score (nSPS) is 11.2. The van der Waals surface area contributed by atoms with Crippen LogP contribution in [0.1, 0.15) is 5.56 Å². The average molecular weight is 356 g/mol. The lowest BCUT2D eigenvalue weighted by Gasteiger charge is -2.11. The smallest absolute Gasteiger partial charge is 0.262 e. The Hall–Kier alpha value is -1.60. The van der Waals surface area contributed by atoms with E-state index < -0.39 is 10.0 Å². The molecule has 0 fully saturated rings. The molecule has 1 heterocycles. The SMILES string of the molecule is CNc1cc(S(=O)(=O)Nc2cccc(C)c2Br)ccn1. The van der Waals surface area contributed by atoms with Crippen LogP contribution >= 0.6 is 15.9 Å². The maximum atomic E-state index is 12.3. The number of rotatable bonds is 4. The summed E-state index contributed by atoms with van der Waals surface area (Å²) in [4.78, 5) is 4.16. The maximum absolute atomic E-state index is 12.3. The fraction of sp³-hybridized carbons (Fsp3) is 0.154. The van der Waals surface area contributed by atoms with Gasteiger partial charge in [0.2, 0.25) is 0 Å². The molecular weight excluding hydrogens is 342 g/mol. The summed E-state index contributed by atoms with van der Waals surface area (Å²) in [6.07, 6.45) is 1.45. The standard InChI is InChI=1S/C13H14BrN3O2S/c1-9-4-3-5-11(13(9)14)17-20(18,19)10-6-7-16-12(8-10)15-2/h3-8,17H,1-2H3,(H,15,16). The minimum Gasteiger partial charge on any atom is -0.373 e. The minimum absolute atomic E-state index is 0.158. The molecule has 0 spiro atoms. The van der Waals surface area contributed by atoms with Gasteiger partial charge in [0.25, 0.3) is 10.0 Å². The molecule has 0 saturated heterocycles. The topological polar surface area (TPSA) is 71.1 Å². The summed E-state index contributed by atoms with van der Waals surface area (Å²) in [6, 6.07) is 8.32. The van der Waals surface area contributed by atoms with Gasteiger partial charge in [-0.15, -0.1) is 0 Å². The highest BCUT2D eigenvalue weighted by Crippen LogP contribution is 2.28. The molecule has 106 valence electrons. The molecule has 7 heteroatoms. The lowest BCUT2D eigenvalue weighted by molar-refractivity contribution is 0.601. The number of nitrogens with zero attached hydrogens (tertiary/aromatic N) is 1. The molecule has 0 bridgehead atoms. The Morgan fingerprint density at radius 2 is 2.00 bits per heavy atom. The largest absolute Gasteiger partial charge is 0.373 e. The van der Waals surface area contributed by atoms with Crippen molar-refractivity contribution in [3.8, 4) is 0 Å². The molecule has 0 unspecified atom stereocenters. The number of nitrogens with one attached hydrogen (secondary N) is 2. The Bertz CT molecular complexity index is 732. The third kappa shape index (κ3) is 3.10. The molecule has 2 aromatic rings. The number of anilines is 2. The monoisotopic (exact) mass is 355 g/mol. The first kappa shape index (κ1) is 14.8. The van der Waals surface area contributed by atoms with Crippen LogP contribution in [0.2, 0.25) is 0 Å². The van der Waals surface area contributed by atoms with Gasteiger partial charge in [-0.05, 0) is 40.5 Å². The number of benzene rings is 1. The predicted molar refractivity (Wildman–Crippen MR) is 83.5 cm³/mol. The number of sulfonamides is 1. The van der Waals surface area contributed by atoms with E-state index in [0.717, 1.165) is 10.0 Å². The lowest BCUT2D eigenvalue weighted by atomic mass is 10.2. The van der Waals surface area contributed by atoms with E-state index in [0.29, 0.717) is 11.5 Å². The van der Waals surface area contributed by atoms with Gasteiger partial charge in [0.1, 0.15) is 5.82 Å². The number of hydrogen-bond donors (Lipinski definition) is 2. The number of aryl methyl sites for hydroxylation is 1. The van der Waals surface area contributed by atoms with Crippen molar-refractivity contribution >= 4 is 37.5 Å². The molecule has 0 aliphatic carbocycles. The van der Waals surface area contributed by atoms with Crippen LogP contribution in [0.15, 0.2) is 45.9 Å².